The van der Waals surface area contributed by atoms with Gasteiger partial charge in [0.05, 0.1) is 5.69 Å². The number of aromatic nitrogens is 1. The molecule has 1 amide bonds. The Labute approximate surface area is 133 Å². The average molecular weight is 321 g/mol. The van der Waals surface area contributed by atoms with Crippen molar-refractivity contribution in [3.8, 4) is 0 Å². The first-order valence-electron chi connectivity index (χ1n) is 7.07. The van der Waals surface area contributed by atoms with Crippen LogP contribution in [0.5, 0.6) is 0 Å². The van der Waals surface area contributed by atoms with Crippen molar-refractivity contribution in [1.82, 2.24) is 9.88 Å². The molecule has 1 aliphatic carbocycles. The second-order valence-electron chi connectivity index (χ2n) is 5.47. The van der Waals surface area contributed by atoms with Gasteiger partial charge >= 0.3 is 0 Å². The molecular formula is C15H19N3OS2. The summed E-state index contributed by atoms with van der Waals surface area (Å²) in [5, 5.41) is 7.19. The number of nitrogens with zero attached hydrogens (tertiary/aromatic N) is 3. The van der Waals surface area contributed by atoms with Crippen molar-refractivity contribution < 1.29 is 4.79 Å². The fraction of sp³-hybridized carbons (Fsp3) is 0.467. The molecule has 112 valence electrons. The minimum Gasteiger partial charge on any atom is -0.292 e. The van der Waals surface area contributed by atoms with E-state index in [4.69, 9.17) is 0 Å². The van der Waals surface area contributed by atoms with E-state index in [-0.39, 0.29) is 5.91 Å². The quantitative estimate of drug-likeness (QED) is 0.818. The highest BCUT2D eigenvalue weighted by Gasteiger charge is 2.29. The molecule has 0 unspecified atom stereocenters. The van der Waals surface area contributed by atoms with Crippen molar-refractivity contribution >= 4 is 33.7 Å². The van der Waals surface area contributed by atoms with E-state index in [1.54, 1.807) is 30.2 Å². The van der Waals surface area contributed by atoms with Crippen LogP contribution >= 0.6 is 22.7 Å². The Morgan fingerprint density at radius 1 is 1.38 bits per heavy atom. The second-order valence-corrected chi connectivity index (χ2v) is 7.08. The predicted molar refractivity (Wildman–Crippen MR) is 87.8 cm³/mol. The van der Waals surface area contributed by atoms with Gasteiger partial charge in [0.2, 0.25) is 5.91 Å². The van der Waals surface area contributed by atoms with Crippen LogP contribution in [-0.2, 0) is 17.9 Å². The minimum atomic E-state index is 0.0215. The van der Waals surface area contributed by atoms with E-state index in [1.165, 1.54) is 29.7 Å². The number of hydrogen-bond donors (Lipinski definition) is 0. The van der Waals surface area contributed by atoms with Crippen molar-refractivity contribution in [2.75, 3.05) is 11.9 Å². The second kappa shape index (κ2) is 6.25. The summed E-state index contributed by atoms with van der Waals surface area (Å²) in [5.74, 6) is 0.0215. The van der Waals surface area contributed by atoms with Crippen molar-refractivity contribution in [2.24, 2.45) is 0 Å². The lowest BCUT2D eigenvalue weighted by Gasteiger charge is -2.20. The van der Waals surface area contributed by atoms with Gasteiger partial charge in [-0.25, -0.2) is 4.98 Å². The molecule has 0 aromatic carbocycles. The summed E-state index contributed by atoms with van der Waals surface area (Å²) in [4.78, 5) is 20.1. The predicted octanol–water partition coefficient (Wildman–Crippen LogP) is 3.35. The molecule has 1 aliphatic rings. The van der Waals surface area contributed by atoms with Gasteiger partial charge in [0.1, 0.15) is 0 Å². The van der Waals surface area contributed by atoms with Crippen molar-refractivity contribution in [1.29, 1.82) is 0 Å². The van der Waals surface area contributed by atoms with Crippen LogP contribution in [0.25, 0.3) is 0 Å². The molecule has 0 atom stereocenters. The van der Waals surface area contributed by atoms with E-state index in [0.29, 0.717) is 6.04 Å². The molecule has 0 spiro atoms. The van der Waals surface area contributed by atoms with Crippen molar-refractivity contribution in [3.05, 3.63) is 33.5 Å². The molecule has 4 nitrogen and oxygen atoms in total. The lowest BCUT2D eigenvalue weighted by atomic mass is 10.3. The Hall–Kier alpha value is -1.24. The van der Waals surface area contributed by atoms with E-state index in [0.717, 1.165) is 23.9 Å². The normalized spacial score (nSPS) is 14.6. The first kappa shape index (κ1) is 14.7. The van der Waals surface area contributed by atoms with Gasteiger partial charge in [-0.2, -0.15) is 11.3 Å². The molecule has 0 N–H and O–H groups in total. The fourth-order valence-electron chi connectivity index (χ4n) is 2.24. The molecule has 0 bridgehead atoms. The Balaban J connectivity index is 1.67. The Morgan fingerprint density at radius 2 is 2.19 bits per heavy atom. The number of carbonyl (C=O) groups is 1. The standard InChI is InChI=1S/C15H19N3OS2/c1-11(19)17(2)15-16-13(10-21-15)8-18(14-3-4-14)7-12-5-6-20-9-12/h5-6,9-10,14H,3-4,7-8H2,1-2H3. The van der Waals surface area contributed by atoms with Crippen LogP contribution < -0.4 is 4.90 Å². The highest BCUT2D eigenvalue weighted by molar-refractivity contribution is 7.14. The Kier molecular flexibility index (Phi) is 4.37. The van der Waals surface area contributed by atoms with Gasteiger partial charge in [-0.1, -0.05) is 0 Å². The maximum absolute atomic E-state index is 11.4. The third-order valence-electron chi connectivity index (χ3n) is 3.69. The summed E-state index contributed by atoms with van der Waals surface area (Å²) < 4.78 is 0. The van der Waals surface area contributed by atoms with E-state index < -0.39 is 0 Å². The SMILES string of the molecule is CC(=O)N(C)c1nc(CN(Cc2ccsc2)C2CC2)cs1. The van der Waals surface area contributed by atoms with Crippen LogP contribution in [-0.4, -0.2) is 28.9 Å². The van der Waals surface area contributed by atoms with E-state index >= 15 is 0 Å². The topological polar surface area (TPSA) is 36.4 Å². The summed E-state index contributed by atoms with van der Waals surface area (Å²) in [6, 6.07) is 2.89. The van der Waals surface area contributed by atoms with Gasteiger partial charge in [0, 0.05) is 38.5 Å². The van der Waals surface area contributed by atoms with Crippen molar-refractivity contribution in [2.45, 2.75) is 38.9 Å². The number of anilines is 1. The number of rotatable bonds is 6. The highest BCUT2D eigenvalue weighted by Crippen LogP contribution is 2.31. The molecule has 0 saturated heterocycles. The molecule has 2 aromatic rings. The third kappa shape index (κ3) is 3.70. The number of amides is 1. The van der Waals surface area contributed by atoms with Gasteiger partial charge in [-0.15, -0.1) is 11.3 Å². The van der Waals surface area contributed by atoms with Gasteiger partial charge in [-0.3, -0.25) is 14.6 Å². The Morgan fingerprint density at radius 3 is 2.81 bits per heavy atom. The van der Waals surface area contributed by atoms with E-state index in [9.17, 15) is 4.79 Å². The molecule has 21 heavy (non-hydrogen) atoms. The van der Waals surface area contributed by atoms with E-state index in [1.807, 2.05) is 0 Å². The van der Waals surface area contributed by atoms with Crippen LogP contribution in [0.4, 0.5) is 5.13 Å². The summed E-state index contributed by atoms with van der Waals surface area (Å²) in [5.41, 5.74) is 2.44. The van der Waals surface area contributed by atoms with Crippen LogP contribution in [0.15, 0.2) is 22.2 Å². The number of hydrogen-bond acceptors (Lipinski definition) is 5. The first-order chi connectivity index (χ1) is 10.1. The zero-order valence-electron chi connectivity index (χ0n) is 12.3. The molecule has 2 heterocycles. The molecule has 1 fully saturated rings. The fourth-order valence-corrected chi connectivity index (χ4v) is 3.72. The van der Waals surface area contributed by atoms with Crippen LogP contribution in [0, 0.1) is 0 Å². The summed E-state index contributed by atoms with van der Waals surface area (Å²) in [6.45, 7) is 3.42. The van der Waals surface area contributed by atoms with Crippen LogP contribution in [0.3, 0.4) is 0 Å². The van der Waals surface area contributed by atoms with Crippen LogP contribution in [0.1, 0.15) is 31.0 Å². The summed E-state index contributed by atoms with van der Waals surface area (Å²) in [6.07, 6.45) is 2.57. The summed E-state index contributed by atoms with van der Waals surface area (Å²) >= 11 is 3.28. The molecule has 0 radical (unpaired) electrons. The zero-order valence-corrected chi connectivity index (χ0v) is 13.9. The van der Waals surface area contributed by atoms with Gasteiger partial charge in [0.15, 0.2) is 5.13 Å². The van der Waals surface area contributed by atoms with Crippen molar-refractivity contribution in [3.63, 3.8) is 0 Å². The minimum absolute atomic E-state index is 0.0215. The average Bonchev–Trinajstić information content (AvgIpc) is 2.98. The highest BCUT2D eigenvalue weighted by atomic mass is 32.1. The zero-order chi connectivity index (χ0) is 14.8. The number of thiophene rings is 1. The molecule has 6 heteroatoms. The maximum atomic E-state index is 11.4. The van der Waals surface area contributed by atoms with Gasteiger partial charge < -0.3 is 0 Å². The Bertz CT molecular complexity index is 604. The third-order valence-corrected chi connectivity index (χ3v) is 5.39. The number of thiazole rings is 1. The lowest BCUT2D eigenvalue weighted by molar-refractivity contribution is -0.116. The van der Waals surface area contributed by atoms with Gasteiger partial charge in [0.25, 0.3) is 0 Å². The maximum Gasteiger partial charge on any atom is 0.225 e. The molecule has 2 aromatic heterocycles. The smallest absolute Gasteiger partial charge is 0.225 e. The molecule has 0 aliphatic heterocycles. The first-order valence-corrected chi connectivity index (χ1v) is 8.89. The molecule has 3 rings (SSSR count). The summed E-state index contributed by atoms with van der Waals surface area (Å²) in [7, 11) is 1.77. The van der Waals surface area contributed by atoms with Gasteiger partial charge in [-0.05, 0) is 35.2 Å². The van der Waals surface area contributed by atoms with Crippen LogP contribution in [0.2, 0.25) is 0 Å². The molecular weight excluding hydrogens is 302 g/mol. The monoisotopic (exact) mass is 321 g/mol. The lowest BCUT2D eigenvalue weighted by Crippen LogP contribution is -2.25. The van der Waals surface area contributed by atoms with E-state index in [2.05, 4.69) is 32.1 Å². The largest absolute Gasteiger partial charge is 0.292 e. The molecule has 1 saturated carbocycles. The number of carbonyl (C=O) groups excluding carboxylic acids is 1.